The maximum atomic E-state index is 12.1. The molecule has 2 heterocycles. The van der Waals surface area contributed by atoms with E-state index >= 15 is 0 Å². The molecule has 43 heavy (non-hydrogen) atoms. The van der Waals surface area contributed by atoms with Crippen molar-refractivity contribution in [1.82, 2.24) is 0 Å². The van der Waals surface area contributed by atoms with Crippen molar-refractivity contribution in [2.45, 2.75) is 0 Å². The zero-order valence-electron chi connectivity index (χ0n) is 21.5. The van der Waals surface area contributed by atoms with Gasteiger partial charge in [0.15, 0.2) is 34.2 Å². The second-order valence-corrected chi connectivity index (χ2v) is 9.11. The first kappa shape index (κ1) is 28.0. The number of hydrogen-bond acceptors (Lipinski definition) is 13. The third kappa shape index (κ3) is 4.97. The fraction of sp³-hybridized carbons (Fsp3) is 0. The largest absolute Gasteiger partial charge is 0.508 e. The van der Waals surface area contributed by atoms with E-state index < -0.39 is 39.6 Å². The molecule has 0 bridgehead atoms. The lowest BCUT2D eigenvalue weighted by Gasteiger charge is -2.09. The molecule has 13 heteroatoms. The highest BCUT2D eigenvalue weighted by atomic mass is 16.4. The van der Waals surface area contributed by atoms with E-state index in [2.05, 4.69) is 0 Å². The van der Waals surface area contributed by atoms with Gasteiger partial charge >= 0.3 is 0 Å². The van der Waals surface area contributed by atoms with Crippen LogP contribution in [-0.2, 0) is 0 Å². The lowest BCUT2D eigenvalue weighted by molar-refractivity contribution is 0.367. The monoisotopic (exact) mass is 588 g/mol. The van der Waals surface area contributed by atoms with Crippen molar-refractivity contribution < 1.29 is 54.8 Å². The topological polar surface area (TPSA) is 242 Å². The van der Waals surface area contributed by atoms with Gasteiger partial charge in [-0.05, 0) is 42.5 Å². The molecule has 0 radical (unpaired) electrons. The van der Waals surface area contributed by atoms with Crippen LogP contribution in [0.1, 0.15) is 0 Å². The second kappa shape index (κ2) is 10.5. The van der Waals surface area contributed by atoms with Gasteiger partial charge in [0.2, 0.25) is 16.9 Å². The number of phenols is 8. The molecule has 0 fully saturated rings. The van der Waals surface area contributed by atoms with Crippen LogP contribution in [0.5, 0.6) is 51.7 Å². The minimum Gasteiger partial charge on any atom is -0.508 e. The maximum absolute atomic E-state index is 12.1. The Bertz CT molecular complexity index is 2180. The zero-order chi connectivity index (χ0) is 31.2. The van der Waals surface area contributed by atoms with Gasteiger partial charge < -0.3 is 54.8 Å². The SMILES string of the molecule is O=c1c(O)c(-c2ccc(O)c(O)c2O)oc2cccc(O)c12.O=c1cc(-c2ccc(O)c(O)c2)oc2cc(O)cc(O)c12. The van der Waals surface area contributed by atoms with Gasteiger partial charge in [-0.15, -0.1) is 0 Å². The summed E-state index contributed by atoms with van der Waals surface area (Å²) in [4.78, 5) is 24.2. The van der Waals surface area contributed by atoms with Crippen molar-refractivity contribution >= 4 is 21.9 Å². The van der Waals surface area contributed by atoms with Crippen LogP contribution in [0.4, 0.5) is 0 Å². The van der Waals surface area contributed by atoms with E-state index in [1.807, 2.05) is 0 Å². The summed E-state index contributed by atoms with van der Waals surface area (Å²) >= 11 is 0. The number of phenolic OH excluding ortho intramolecular Hbond substituents is 8. The van der Waals surface area contributed by atoms with E-state index in [1.165, 1.54) is 42.5 Å². The van der Waals surface area contributed by atoms with E-state index in [0.29, 0.717) is 5.56 Å². The third-order valence-electron chi connectivity index (χ3n) is 6.30. The Labute approximate surface area is 238 Å². The van der Waals surface area contributed by atoms with Gasteiger partial charge in [0, 0.05) is 23.8 Å². The Morgan fingerprint density at radius 2 is 1.23 bits per heavy atom. The van der Waals surface area contributed by atoms with Crippen LogP contribution in [0.25, 0.3) is 44.6 Å². The van der Waals surface area contributed by atoms with Crippen LogP contribution in [-0.4, -0.2) is 46.0 Å². The average molecular weight is 588 g/mol. The number of fused-ring (bicyclic) bond motifs is 2. The minimum atomic E-state index is -0.888. The molecule has 2 aromatic heterocycles. The van der Waals surface area contributed by atoms with Gasteiger partial charge in [-0.1, -0.05) is 6.07 Å². The number of rotatable bonds is 2. The van der Waals surface area contributed by atoms with Crippen molar-refractivity contribution in [3.8, 4) is 74.4 Å². The Morgan fingerprint density at radius 1 is 0.512 bits per heavy atom. The van der Waals surface area contributed by atoms with E-state index in [1.54, 1.807) is 0 Å². The van der Waals surface area contributed by atoms with E-state index in [4.69, 9.17) is 8.83 Å². The van der Waals surface area contributed by atoms with Crippen molar-refractivity contribution in [2.24, 2.45) is 0 Å². The van der Waals surface area contributed by atoms with Gasteiger partial charge in [-0.25, -0.2) is 0 Å². The molecule has 4 aromatic carbocycles. The third-order valence-corrected chi connectivity index (χ3v) is 6.30. The van der Waals surface area contributed by atoms with Crippen molar-refractivity contribution in [1.29, 1.82) is 0 Å². The molecule has 0 aliphatic carbocycles. The summed E-state index contributed by atoms with van der Waals surface area (Å²) in [7, 11) is 0. The summed E-state index contributed by atoms with van der Waals surface area (Å²) in [5.41, 5.74) is -1.19. The molecule has 6 rings (SSSR count). The van der Waals surface area contributed by atoms with Crippen LogP contribution in [0.2, 0.25) is 0 Å². The predicted octanol–water partition coefficient (Wildman–Crippen LogP) is 4.27. The van der Waals surface area contributed by atoms with Crippen LogP contribution in [0.15, 0.2) is 85.2 Å². The van der Waals surface area contributed by atoms with Gasteiger partial charge in [0.1, 0.15) is 44.9 Å². The maximum Gasteiger partial charge on any atom is 0.238 e. The molecule has 0 saturated heterocycles. The second-order valence-electron chi connectivity index (χ2n) is 9.11. The fourth-order valence-electron chi connectivity index (χ4n) is 4.22. The molecule has 9 N–H and O–H groups in total. The molecule has 0 aliphatic rings. The van der Waals surface area contributed by atoms with Gasteiger partial charge in [0.05, 0.1) is 5.56 Å². The molecule has 0 saturated carbocycles. The molecular formula is C30H20O13. The minimum absolute atomic E-state index is 0.00948. The quantitative estimate of drug-likeness (QED) is 0.128. The van der Waals surface area contributed by atoms with Gasteiger partial charge in [-0.2, -0.15) is 0 Å². The van der Waals surface area contributed by atoms with Crippen LogP contribution >= 0.6 is 0 Å². The molecule has 0 aliphatic heterocycles. The molecule has 0 unspecified atom stereocenters. The van der Waals surface area contributed by atoms with Crippen molar-refractivity contribution in [2.75, 3.05) is 0 Å². The number of benzene rings is 4. The summed E-state index contributed by atoms with van der Waals surface area (Å²) < 4.78 is 10.8. The zero-order valence-corrected chi connectivity index (χ0v) is 21.5. The first-order valence-corrected chi connectivity index (χ1v) is 12.1. The molecule has 6 aromatic rings. The molecule has 0 amide bonds. The van der Waals surface area contributed by atoms with Crippen molar-refractivity contribution in [3.05, 3.63) is 87.2 Å². The van der Waals surface area contributed by atoms with E-state index in [0.717, 1.165) is 24.3 Å². The smallest absolute Gasteiger partial charge is 0.238 e. The lowest BCUT2D eigenvalue weighted by Crippen LogP contribution is -2.02. The van der Waals surface area contributed by atoms with E-state index in [9.17, 15) is 55.5 Å². The van der Waals surface area contributed by atoms with Crippen LogP contribution in [0.3, 0.4) is 0 Å². The summed E-state index contributed by atoms with van der Waals surface area (Å²) in [6.07, 6.45) is 0. The average Bonchev–Trinajstić information content (AvgIpc) is 2.95. The highest BCUT2D eigenvalue weighted by Crippen LogP contribution is 2.44. The lowest BCUT2D eigenvalue weighted by atomic mass is 10.1. The highest BCUT2D eigenvalue weighted by Gasteiger charge is 2.22. The molecule has 218 valence electrons. The molecule has 0 spiro atoms. The Morgan fingerprint density at radius 3 is 1.95 bits per heavy atom. The van der Waals surface area contributed by atoms with E-state index in [-0.39, 0.29) is 62.0 Å². The summed E-state index contributed by atoms with van der Waals surface area (Å²) in [5, 5.41) is 86.0. The normalized spacial score (nSPS) is 10.9. The molecular weight excluding hydrogens is 568 g/mol. The predicted molar refractivity (Wildman–Crippen MR) is 151 cm³/mol. The molecule has 0 atom stereocenters. The Kier molecular flexibility index (Phi) is 6.83. The standard InChI is InChI=1S/C15H10O7.C15H10O6/c16-7-2-1-3-9-10(7)13(20)14(21)15(22-9)6-4-5-8(17)12(19)11(6)18;16-8-4-11(19)15-12(20)6-13(21-14(15)5-8)7-1-2-9(17)10(18)3-7/h1-5,16-19,21H;1-6,16-19H. The summed E-state index contributed by atoms with van der Waals surface area (Å²) in [5.74, 6) is -4.85. The van der Waals surface area contributed by atoms with Crippen molar-refractivity contribution in [3.63, 3.8) is 0 Å². The van der Waals surface area contributed by atoms with Crippen LogP contribution in [0, 0.1) is 0 Å². The van der Waals surface area contributed by atoms with Gasteiger partial charge in [-0.3, -0.25) is 9.59 Å². The highest BCUT2D eigenvalue weighted by molar-refractivity contribution is 5.88. The summed E-state index contributed by atoms with van der Waals surface area (Å²) in [6.45, 7) is 0. The van der Waals surface area contributed by atoms with Crippen LogP contribution < -0.4 is 10.9 Å². The number of hydrogen-bond donors (Lipinski definition) is 9. The Balaban J connectivity index is 0.000000171. The van der Waals surface area contributed by atoms with Gasteiger partial charge in [0.25, 0.3) is 0 Å². The summed E-state index contributed by atoms with van der Waals surface area (Å²) in [6, 6.07) is 13.7. The molecule has 13 nitrogen and oxygen atoms in total. The fourth-order valence-corrected chi connectivity index (χ4v) is 4.22. The number of aromatic hydroxyl groups is 9. The Hall–Kier alpha value is -6.50. The first-order valence-electron chi connectivity index (χ1n) is 12.1. The first-order chi connectivity index (χ1) is 20.4.